The molecular weight excluding hydrogens is 189 g/mol. The van der Waals surface area contributed by atoms with Crippen molar-refractivity contribution in [1.82, 2.24) is 0 Å². The predicted molar refractivity (Wildman–Crippen MR) is 41.0 cm³/mol. The van der Waals surface area contributed by atoms with E-state index in [9.17, 15) is 9.59 Å². The molecule has 0 fully saturated rings. The van der Waals surface area contributed by atoms with Gasteiger partial charge >= 0.3 is 0 Å². The number of ketones is 2. The van der Waals surface area contributed by atoms with E-state index in [4.69, 9.17) is 28.9 Å². The molecule has 0 bridgehead atoms. The molecule has 3 nitrogen and oxygen atoms in total. The van der Waals surface area contributed by atoms with Gasteiger partial charge in [-0.25, -0.2) is 0 Å². The molecule has 0 aromatic heterocycles. The van der Waals surface area contributed by atoms with Crippen LogP contribution in [-0.4, -0.2) is 11.6 Å². The van der Waals surface area contributed by atoms with Gasteiger partial charge in [-0.05, 0) is 0 Å². The summed E-state index contributed by atoms with van der Waals surface area (Å²) in [6, 6.07) is 0. The van der Waals surface area contributed by atoms with E-state index in [2.05, 4.69) is 0 Å². The Kier molecular flexibility index (Phi) is 2.02. The van der Waals surface area contributed by atoms with E-state index in [0.717, 1.165) is 6.08 Å². The fourth-order valence-corrected chi connectivity index (χ4v) is 0.947. The van der Waals surface area contributed by atoms with Crippen LogP contribution in [0.2, 0.25) is 0 Å². The first-order valence-corrected chi connectivity index (χ1v) is 3.41. The Balaban J connectivity index is 3.19. The van der Waals surface area contributed by atoms with Crippen molar-refractivity contribution in [3.63, 3.8) is 0 Å². The minimum Gasteiger partial charge on any atom is -0.395 e. The topological polar surface area (TPSA) is 60.2 Å². The molecule has 0 unspecified atom stereocenters. The SMILES string of the molecule is NC1=CC(=O)C(Cl)=C(Cl)C1=O. The number of carbonyl (C=O) groups excluding carboxylic acids is 2. The summed E-state index contributed by atoms with van der Waals surface area (Å²) in [4.78, 5) is 21.6. The van der Waals surface area contributed by atoms with E-state index < -0.39 is 11.6 Å². The molecular formula is C6H3Cl2NO2. The van der Waals surface area contributed by atoms with Crippen molar-refractivity contribution in [3.05, 3.63) is 21.8 Å². The van der Waals surface area contributed by atoms with E-state index in [1.54, 1.807) is 0 Å². The molecule has 0 aromatic rings. The average molecular weight is 192 g/mol. The lowest BCUT2D eigenvalue weighted by molar-refractivity contribution is -0.115. The summed E-state index contributed by atoms with van der Waals surface area (Å²) < 4.78 is 0. The first-order valence-electron chi connectivity index (χ1n) is 2.65. The molecule has 58 valence electrons. The molecule has 0 heterocycles. The van der Waals surface area contributed by atoms with Gasteiger partial charge in [0.2, 0.25) is 11.6 Å². The third kappa shape index (κ3) is 1.29. The molecule has 2 N–H and O–H groups in total. The number of allylic oxidation sites excluding steroid dienone is 3. The second-order valence-electron chi connectivity index (χ2n) is 1.92. The normalized spacial score (nSPS) is 18.9. The zero-order valence-corrected chi connectivity index (χ0v) is 6.74. The molecule has 1 aliphatic carbocycles. The zero-order chi connectivity index (χ0) is 8.59. The summed E-state index contributed by atoms with van der Waals surface area (Å²) in [6.45, 7) is 0. The van der Waals surface area contributed by atoms with E-state index in [-0.39, 0.29) is 15.8 Å². The molecule has 0 radical (unpaired) electrons. The predicted octanol–water partition coefficient (Wildman–Crippen LogP) is 0.670. The van der Waals surface area contributed by atoms with Gasteiger partial charge < -0.3 is 5.73 Å². The van der Waals surface area contributed by atoms with Crippen LogP contribution in [0.1, 0.15) is 0 Å². The fraction of sp³-hybridized carbons (Fsp3) is 0. The number of hydrogen-bond donors (Lipinski definition) is 1. The van der Waals surface area contributed by atoms with Gasteiger partial charge in [-0.15, -0.1) is 0 Å². The lowest BCUT2D eigenvalue weighted by atomic mass is 10.1. The van der Waals surface area contributed by atoms with Gasteiger partial charge in [0.15, 0.2) is 0 Å². The standard InChI is InChI=1S/C6H3Cl2NO2/c7-4-3(10)1-2(9)6(11)5(4)8/h1H,9H2. The van der Waals surface area contributed by atoms with Crippen LogP contribution in [0, 0.1) is 0 Å². The molecule has 0 amide bonds. The van der Waals surface area contributed by atoms with E-state index in [1.807, 2.05) is 0 Å². The average Bonchev–Trinajstić information content (AvgIpc) is 1.97. The van der Waals surface area contributed by atoms with Crippen LogP contribution in [0.25, 0.3) is 0 Å². The van der Waals surface area contributed by atoms with Crippen molar-refractivity contribution >= 4 is 34.8 Å². The summed E-state index contributed by atoms with van der Waals surface area (Å²) in [7, 11) is 0. The molecule has 1 rings (SSSR count). The van der Waals surface area contributed by atoms with Crippen LogP contribution in [0.4, 0.5) is 0 Å². The largest absolute Gasteiger partial charge is 0.395 e. The minimum absolute atomic E-state index is 0.176. The van der Waals surface area contributed by atoms with Crippen LogP contribution in [-0.2, 0) is 9.59 Å². The fourth-order valence-electron chi connectivity index (χ4n) is 0.605. The number of carbonyl (C=O) groups is 2. The number of nitrogens with two attached hydrogens (primary N) is 1. The van der Waals surface area contributed by atoms with Gasteiger partial charge in [0.25, 0.3) is 0 Å². The highest BCUT2D eigenvalue weighted by molar-refractivity contribution is 6.58. The monoisotopic (exact) mass is 191 g/mol. The first kappa shape index (κ1) is 8.30. The van der Waals surface area contributed by atoms with Crippen LogP contribution >= 0.6 is 23.2 Å². The minimum atomic E-state index is -0.601. The van der Waals surface area contributed by atoms with Crippen LogP contribution in [0.5, 0.6) is 0 Å². The molecule has 11 heavy (non-hydrogen) atoms. The lowest BCUT2D eigenvalue weighted by Crippen LogP contribution is -2.19. The maximum absolute atomic E-state index is 10.9. The molecule has 5 heteroatoms. The number of hydrogen-bond acceptors (Lipinski definition) is 3. The third-order valence-electron chi connectivity index (χ3n) is 1.16. The van der Waals surface area contributed by atoms with Gasteiger partial charge in [-0.3, -0.25) is 9.59 Å². The van der Waals surface area contributed by atoms with Crippen molar-refractivity contribution in [2.24, 2.45) is 5.73 Å². The smallest absolute Gasteiger partial charge is 0.221 e. The van der Waals surface area contributed by atoms with E-state index >= 15 is 0 Å². The molecule has 0 atom stereocenters. The van der Waals surface area contributed by atoms with Crippen molar-refractivity contribution in [3.8, 4) is 0 Å². The Bertz CT molecular complexity index is 304. The number of rotatable bonds is 0. The summed E-state index contributed by atoms with van der Waals surface area (Å²) in [5.41, 5.74) is 4.96. The lowest BCUT2D eigenvalue weighted by Gasteiger charge is -2.06. The molecule has 1 aliphatic rings. The summed E-state index contributed by atoms with van der Waals surface area (Å²) in [6.07, 6.45) is 0.955. The second-order valence-corrected chi connectivity index (χ2v) is 2.68. The second kappa shape index (κ2) is 2.68. The summed E-state index contributed by atoms with van der Waals surface area (Å²) >= 11 is 10.7. The van der Waals surface area contributed by atoms with Gasteiger partial charge in [-0.2, -0.15) is 0 Å². The molecule has 0 aromatic carbocycles. The first-order chi connectivity index (χ1) is 5.04. The quantitative estimate of drug-likeness (QED) is 0.573. The zero-order valence-electron chi connectivity index (χ0n) is 5.23. The maximum Gasteiger partial charge on any atom is 0.221 e. The van der Waals surface area contributed by atoms with Gasteiger partial charge in [0.05, 0.1) is 5.70 Å². The Morgan fingerprint density at radius 3 is 2.27 bits per heavy atom. The van der Waals surface area contributed by atoms with Crippen molar-refractivity contribution in [2.75, 3.05) is 0 Å². The van der Waals surface area contributed by atoms with E-state index in [0.29, 0.717) is 0 Å². The highest BCUT2D eigenvalue weighted by Crippen LogP contribution is 2.22. The summed E-state index contributed by atoms with van der Waals surface area (Å²) in [5, 5.41) is -0.581. The van der Waals surface area contributed by atoms with E-state index in [1.165, 1.54) is 0 Å². The van der Waals surface area contributed by atoms with Crippen molar-refractivity contribution in [1.29, 1.82) is 0 Å². The van der Waals surface area contributed by atoms with Crippen LogP contribution < -0.4 is 5.73 Å². The third-order valence-corrected chi connectivity index (χ3v) is 1.99. The Morgan fingerprint density at radius 2 is 1.73 bits per heavy atom. The maximum atomic E-state index is 10.9. The summed E-state index contributed by atoms with van der Waals surface area (Å²) in [5.74, 6) is -1.13. The highest BCUT2D eigenvalue weighted by Gasteiger charge is 2.24. The Labute approximate surface area is 72.4 Å². The molecule has 0 aliphatic heterocycles. The Hall–Kier alpha value is -0.800. The molecule has 0 saturated heterocycles. The van der Waals surface area contributed by atoms with Crippen molar-refractivity contribution in [2.45, 2.75) is 0 Å². The highest BCUT2D eigenvalue weighted by atomic mass is 35.5. The molecule has 0 saturated carbocycles. The van der Waals surface area contributed by atoms with Crippen LogP contribution in [0.3, 0.4) is 0 Å². The van der Waals surface area contributed by atoms with Gasteiger partial charge in [0, 0.05) is 6.08 Å². The van der Waals surface area contributed by atoms with Gasteiger partial charge in [0.1, 0.15) is 10.1 Å². The number of Topliss-reactive ketones (excluding diaryl/α,β-unsaturated/α-hetero) is 1. The van der Waals surface area contributed by atoms with Crippen molar-refractivity contribution < 1.29 is 9.59 Å². The van der Waals surface area contributed by atoms with Crippen LogP contribution in [0.15, 0.2) is 21.8 Å². The molecule has 0 spiro atoms. The Morgan fingerprint density at radius 1 is 1.18 bits per heavy atom. The number of halogens is 2. The van der Waals surface area contributed by atoms with Gasteiger partial charge in [-0.1, -0.05) is 23.2 Å².